The van der Waals surface area contributed by atoms with Crippen molar-refractivity contribution in [3.05, 3.63) is 59.2 Å². The summed E-state index contributed by atoms with van der Waals surface area (Å²) in [5, 5.41) is 2.90. The number of anilines is 1. The zero-order chi connectivity index (χ0) is 16.2. The molecule has 0 unspecified atom stereocenters. The lowest BCUT2D eigenvalue weighted by atomic mass is 9.94. The molecule has 4 nitrogen and oxygen atoms in total. The van der Waals surface area contributed by atoms with E-state index in [0.717, 1.165) is 28.1 Å². The molecule has 2 aromatic rings. The number of ether oxygens (including phenoxy) is 2. The molecule has 1 amide bonds. The summed E-state index contributed by atoms with van der Waals surface area (Å²) < 4.78 is 11.5. The van der Waals surface area contributed by atoms with Crippen LogP contribution in [0.1, 0.15) is 30.5 Å². The van der Waals surface area contributed by atoms with E-state index in [9.17, 15) is 4.79 Å². The third-order valence-electron chi connectivity index (χ3n) is 4.38. The quantitative estimate of drug-likeness (QED) is 0.816. The Kier molecular flexibility index (Phi) is 2.79. The minimum Gasteiger partial charge on any atom is -0.497 e. The highest BCUT2D eigenvalue weighted by molar-refractivity contribution is 6.36. The van der Waals surface area contributed by atoms with Crippen LogP contribution in [0, 0.1) is 0 Å². The zero-order valence-corrected chi connectivity index (χ0v) is 13.3. The molecule has 0 bridgehead atoms. The van der Waals surface area contributed by atoms with E-state index in [-0.39, 0.29) is 5.91 Å². The van der Waals surface area contributed by atoms with E-state index in [2.05, 4.69) is 5.32 Å². The highest BCUT2D eigenvalue weighted by Crippen LogP contribution is 2.48. The second-order valence-corrected chi connectivity index (χ2v) is 6.23. The summed E-state index contributed by atoms with van der Waals surface area (Å²) in [6.45, 7) is 4.00. The van der Waals surface area contributed by atoms with Crippen LogP contribution in [0.5, 0.6) is 5.75 Å². The Morgan fingerprint density at radius 2 is 1.87 bits per heavy atom. The molecule has 2 aliphatic heterocycles. The lowest BCUT2D eigenvalue weighted by molar-refractivity contribution is -0.110. The number of rotatable bonds is 1. The molecule has 0 atom stereocenters. The van der Waals surface area contributed by atoms with Crippen molar-refractivity contribution in [1.29, 1.82) is 0 Å². The smallest absolute Gasteiger partial charge is 0.260 e. The number of amides is 1. The van der Waals surface area contributed by atoms with E-state index < -0.39 is 5.60 Å². The molecule has 2 aromatic carbocycles. The van der Waals surface area contributed by atoms with Gasteiger partial charge >= 0.3 is 0 Å². The average Bonchev–Trinajstić information content (AvgIpc) is 3.00. The lowest BCUT2D eigenvalue weighted by Gasteiger charge is -2.19. The van der Waals surface area contributed by atoms with Crippen molar-refractivity contribution in [2.45, 2.75) is 19.4 Å². The van der Waals surface area contributed by atoms with Crippen molar-refractivity contribution in [2.75, 3.05) is 12.4 Å². The van der Waals surface area contributed by atoms with Gasteiger partial charge in [-0.05, 0) is 38.1 Å². The minimum atomic E-state index is -0.510. The molecule has 0 fully saturated rings. The van der Waals surface area contributed by atoms with Gasteiger partial charge in [0, 0.05) is 22.4 Å². The standard InChI is InChI=1S/C19H17NO3/c1-19(2)14-10-11(22-3)8-9-12(14)17(23-19)16-13-6-4-5-7-15(13)20-18(16)21/h4-10H,1-3H3,(H,20,21)/b17-16+. The van der Waals surface area contributed by atoms with Crippen LogP contribution in [0.4, 0.5) is 5.69 Å². The second kappa shape index (κ2) is 4.62. The molecule has 0 saturated heterocycles. The second-order valence-electron chi connectivity index (χ2n) is 6.23. The van der Waals surface area contributed by atoms with Gasteiger partial charge in [-0.15, -0.1) is 0 Å². The van der Waals surface area contributed by atoms with Gasteiger partial charge in [-0.25, -0.2) is 0 Å². The zero-order valence-electron chi connectivity index (χ0n) is 13.3. The van der Waals surface area contributed by atoms with E-state index >= 15 is 0 Å². The topological polar surface area (TPSA) is 47.6 Å². The van der Waals surface area contributed by atoms with Gasteiger partial charge in [-0.1, -0.05) is 18.2 Å². The molecular weight excluding hydrogens is 290 g/mol. The fraction of sp³-hybridized carbons (Fsp3) is 0.211. The molecule has 0 aliphatic carbocycles. The summed E-state index contributed by atoms with van der Waals surface area (Å²) in [6, 6.07) is 13.5. The van der Waals surface area contributed by atoms with Gasteiger partial charge in [-0.2, -0.15) is 0 Å². The van der Waals surface area contributed by atoms with Crippen molar-refractivity contribution < 1.29 is 14.3 Å². The van der Waals surface area contributed by atoms with Gasteiger partial charge < -0.3 is 14.8 Å². The summed E-state index contributed by atoms with van der Waals surface area (Å²) >= 11 is 0. The van der Waals surface area contributed by atoms with Gasteiger partial charge in [0.05, 0.1) is 12.7 Å². The van der Waals surface area contributed by atoms with Gasteiger partial charge in [0.25, 0.3) is 5.91 Å². The maximum Gasteiger partial charge on any atom is 0.260 e. The van der Waals surface area contributed by atoms with Crippen LogP contribution in [-0.4, -0.2) is 13.0 Å². The van der Waals surface area contributed by atoms with E-state index in [1.807, 2.05) is 56.3 Å². The fourth-order valence-electron chi connectivity index (χ4n) is 3.24. The van der Waals surface area contributed by atoms with Crippen molar-refractivity contribution >= 4 is 22.9 Å². The third-order valence-corrected chi connectivity index (χ3v) is 4.38. The van der Waals surface area contributed by atoms with Crippen LogP contribution in [0.15, 0.2) is 42.5 Å². The van der Waals surface area contributed by atoms with E-state index in [0.29, 0.717) is 11.3 Å². The van der Waals surface area contributed by atoms with Crippen LogP contribution in [0.3, 0.4) is 0 Å². The first-order valence-electron chi connectivity index (χ1n) is 7.54. The van der Waals surface area contributed by atoms with E-state index in [1.165, 1.54) is 0 Å². The molecule has 2 aliphatic rings. The highest BCUT2D eigenvalue weighted by Gasteiger charge is 2.40. The number of nitrogens with one attached hydrogen (secondary N) is 1. The number of methoxy groups -OCH3 is 1. The van der Waals surface area contributed by atoms with Crippen LogP contribution in [-0.2, 0) is 15.1 Å². The average molecular weight is 307 g/mol. The van der Waals surface area contributed by atoms with Gasteiger partial charge in [0.1, 0.15) is 17.1 Å². The number of carbonyl (C=O) groups excluding carboxylic acids is 1. The van der Waals surface area contributed by atoms with Crippen molar-refractivity contribution in [3.63, 3.8) is 0 Å². The Morgan fingerprint density at radius 1 is 1.09 bits per heavy atom. The number of carbonyl (C=O) groups is 1. The maximum atomic E-state index is 12.5. The molecule has 1 N–H and O–H groups in total. The summed E-state index contributed by atoms with van der Waals surface area (Å²) in [4.78, 5) is 12.5. The van der Waals surface area contributed by atoms with Crippen molar-refractivity contribution in [2.24, 2.45) is 0 Å². The number of fused-ring (bicyclic) bond motifs is 2. The number of para-hydroxylation sites is 1. The molecule has 116 valence electrons. The monoisotopic (exact) mass is 307 g/mol. The maximum absolute atomic E-state index is 12.5. The molecule has 0 saturated carbocycles. The number of hydrogen-bond acceptors (Lipinski definition) is 3. The molecule has 0 spiro atoms. The summed E-state index contributed by atoms with van der Waals surface area (Å²) in [5.41, 5.74) is 3.76. The Labute approximate surface area is 134 Å². The van der Waals surface area contributed by atoms with Crippen LogP contribution < -0.4 is 10.1 Å². The summed E-state index contributed by atoms with van der Waals surface area (Å²) in [5.74, 6) is 1.29. The largest absolute Gasteiger partial charge is 0.497 e. The van der Waals surface area contributed by atoms with E-state index in [1.54, 1.807) is 7.11 Å². The minimum absolute atomic E-state index is 0.124. The Morgan fingerprint density at radius 3 is 2.65 bits per heavy atom. The molecule has 4 heteroatoms. The Bertz CT molecular complexity index is 865. The van der Waals surface area contributed by atoms with E-state index in [4.69, 9.17) is 9.47 Å². The normalized spacial score (nSPS) is 20.6. The van der Waals surface area contributed by atoms with Gasteiger partial charge in [0.2, 0.25) is 0 Å². The molecule has 0 aromatic heterocycles. The first-order chi connectivity index (χ1) is 11.0. The Hall–Kier alpha value is -2.75. The van der Waals surface area contributed by atoms with Crippen LogP contribution in [0.2, 0.25) is 0 Å². The van der Waals surface area contributed by atoms with Crippen LogP contribution >= 0.6 is 0 Å². The van der Waals surface area contributed by atoms with Crippen LogP contribution in [0.25, 0.3) is 11.3 Å². The summed E-state index contributed by atoms with van der Waals surface area (Å²) in [7, 11) is 1.64. The SMILES string of the molecule is COc1ccc2c(c1)C(C)(C)O/C2=C1/C(=O)Nc2ccccc21. The van der Waals surface area contributed by atoms with Gasteiger partial charge in [0.15, 0.2) is 0 Å². The molecule has 0 radical (unpaired) electrons. The summed E-state index contributed by atoms with van der Waals surface area (Å²) in [6.07, 6.45) is 0. The number of hydrogen-bond donors (Lipinski definition) is 1. The molecule has 23 heavy (non-hydrogen) atoms. The fourth-order valence-corrected chi connectivity index (χ4v) is 3.24. The number of benzene rings is 2. The Balaban J connectivity index is 1.98. The lowest BCUT2D eigenvalue weighted by Crippen LogP contribution is -2.15. The predicted octanol–water partition coefficient (Wildman–Crippen LogP) is 3.78. The first-order valence-corrected chi connectivity index (χ1v) is 7.54. The molecular formula is C19H17NO3. The first kappa shape index (κ1) is 13.9. The van der Waals surface area contributed by atoms with Gasteiger partial charge in [-0.3, -0.25) is 4.79 Å². The van der Waals surface area contributed by atoms with Crippen molar-refractivity contribution in [1.82, 2.24) is 0 Å². The molecule has 2 heterocycles. The highest BCUT2D eigenvalue weighted by atomic mass is 16.5. The van der Waals surface area contributed by atoms with Crippen molar-refractivity contribution in [3.8, 4) is 5.75 Å². The third kappa shape index (κ3) is 1.95. The predicted molar refractivity (Wildman–Crippen MR) is 89.0 cm³/mol. The molecule has 4 rings (SSSR count).